The van der Waals surface area contributed by atoms with Gasteiger partial charge in [-0.1, -0.05) is 18.7 Å². The SMILES string of the molecule is CCc1cc2c(cc1Sc1nc3c(C)ncnc3n1CCNC(=O)C1CC1)OCO2. The highest BCUT2D eigenvalue weighted by atomic mass is 32.2. The quantitative estimate of drug-likeness (QED) is 0.622. The zero-order chi connectivity index (χ0) is 20.7. The minimum atomic E-state index is 0.142. The number of fused-ring (bicyclic) bond motifs is 2. The summed E-state index contributed by atoms with van der Waals surface area (Å²) in [5.41, 5.74) is 3.58. The van der Waals surface area contributed by atoms with Gasteiger partial charge < -0.3 is 19.4 Å². The largest absolute Gasteiger partial charge is 0.454 e. The Morgan fingerprint density at radius 2 is 2.07 bits per heavy atom. The Kier molecular flexibility index (Phi) is 4.98. The van der Waals surface area contributed by atoms with E-state index in [2.05, 4.69) is 26.8 Å². The fourth-order valence-corrected chi connectivity index (χ4v) is 4.65. The smallest absolute Gasteiger partial charge is 0.231 e. The van der Waals surface area contributed by atoms with Crippen LogP contribution < -0.4 is 14.8 Å². The number of amides is 1. The van der Waals surface area contributed by atoms with E-state index in [0.717, 1.165) is 57.7 Å². The Morgan fingerprint density at radius 1 is 1.27 bits per heavy atom. The summed E-state index contributed by atoms with van der Waals surface area (Å²) in [4.78, 5) is 26.7. The number of aromatic nitrogens is 4. The topological polar surface area (TPSA) is 91.2 Å². The molecule has 1 amide bonds. The van der Waals surface area contributed by atoms with Gasteiger partial charge in [-0.25, -0.2) is 15.0 Å². The molecule has 8 nitrogen and oxygen atoms in total. The first-order valence-corrected chi connectivity index (χ1v) is 11.0. The molecule has 1 fully saturated rings. The number of carbonyl (C=O) groups is 1. The zero-order valence-electron chi connectivity index (χ0n) is 17.0. The highest BCUT2D eigenvalue weighted by Crippen LogP contribution is 2.41. The number of benzene rings is 1. The standard InChI is InChI=1S/C21H23N5O3S/c1-3-13-8-15-16(29-11-28-15)9-17(13)30-21-25-18-12(2)23-10-24-19(18)26(21)7-6-22-20(27)14-4-5-14/h8-10,14H,3-7,11H2,1-2H3,(H,22,27). The molecule has 156 valence electrons. The van der Waals surface area contributed by atoms with Gasteiger partial charge in [-0.15, -0.1) is 0 Å². The van der Waals surface area contributed by atoms with Gasteiger partial charge in [-0.05, 0) is 43.9 Å². The monoisotopic (exact) mass is 425 g/mol. The van der Waals surface area contributed by atoms with E-state index in [4.69, 9.17) is 14.5 Å². The van der Waals surface area contributed by atoms with Crippen LogP contribution >= 0.6 is 11.8 Å². The van der Waals surface area contributed by atoms with E-state index in [1.54, 1.807) is 18.1 Å². The average molecular weight is 426 g/mol. The van der Waals surface area contributed by atoms with Crippen molar-refractivity contribution < 1.29 is 14.3 Å². The molecule has 3 aromatic rings. The van der Waals surface area contributed by atoms with E-state index in [9.17, 15) is 4.79 Å². The first-order valence-electron chi connectivity index (χ1n) is 10.2. The van der Waals surface area contributed by atoms with E-state index in [1.807, 2.05) is 19.1 Å². The first-order chi connectivity index (χ1) is 14.6. The lowest BCUT2D eigenvalue weighted by atomic mass is 10.1. The minimum Gasteiger partial charge on any atom is -0.454 e. The second-order valence-corrected chi connectivity index (χ2v) is 8.52. The van der Waals surface area contributed by atoms with Gasteiger partial charge in [0.15, 0.2) is 22.3 Å². The van der Waals surface area contributed by atoms with E-state index < -0.39 is 0 Å². The third kappa shape index (κ3) is 3.58. The zero-order valence-corrected chi connectivity index (χ0v) is 17.8. The van der Waals surface area contributed by atoms with E-state index in [0.29, 0.717) is 13.1 Å². The summed E-state index contributed by atoms with van der Waals surface area (Å²) < 4.78 is 13.2. The molecule has 2 aromatic heterocycles. The fraction of sp³-hybridized carbons (Fsp3) is 0.429. The molecule has 1 saturated carbocycles. The Bertz CT molecular complexity index is 1130. The lowest BCUT2D eigenvalue weighted by molar-refractivity contribution is -0.122. The van der Waals surface area contributed by atoms with E-state index in [1.165, 1.54) is 5.56 Å². The second kappa shape index (κ2) is 7.79. The van der Waals surface area contributed by atoms with Crippen molar-refractivity contribution >= 4 is 28.8 Å². The van der Waals surface area contributed by atoms with Crippen molar-refractivity contribution in [3.63, 3.8) is 0 Å². The Hall–Kier alpha value is -2.81. The van der Waals surface area contributed by atoms with Crippen LogP contribution in [0.25, 0.3) is 11.2 Å². The normalized spacial score (nSPS) is 15.0. The third-order valence-corrected chi connectivity index (χ3v) is 6.49. The summed E-state index contributed by atoms with van der Waals surface area (Å²) in [5, 5.41) is 3.86. The second-order valence-electron chi connectivity index (χ2n) is 7.51. The summed E-state index contributed by atoms with van der Waals surface area (Å²) in [7, 11) is 0. The number of aryl methyl sites for hydroxylation is 2. The van der Waals surface area contributed by atoms with Crippen molar-refractivity contribution in [1.29, 1.82) is 0 Å². The highest BCUT2D eigenvalue weighted by Gasteiger charge is 2.29. The Labute approximate surface area is 178 Å². The molecule has 0 saturated heterocycles. The molecule has 0 bridgehead atoms. The minimum absolute atomic E-state index is 0.142. The molecule has 3 heterocycles. The number of hydrogen-bond acceptors (Lipinski definition) is 7. The maximum atomic E-state index is 12.0. The number of rotatable bonds is 7. The maximum absolute atomic E-state index is 12.0. The highest BCUT2D eigenvalue weighted by molar-refractivity contribution is 7.99. The van der Waals surface area contributed by atoms with Crippen LogP contribution in [0.4, 0.5) is 0 Å². The molecule has 1 aromatic carbocycles. The van der Waals surface area contributed by atoms with Gasteiger partial charge in [0.05, 0.1) is 5.69 Å². The molecule has 1 aliphatic carbocycles. The molecule has 2 aliphatic rings. The molecule has 1 aliphatic heterocycles. The van der Waals surface area contributed by atoms with Crippen LogP contribution in [0.1, 0.15) is 31.0 Å². The summed E-state index contributed by atoms with van der Waals surface area (Å²) in [6.07, 6.45) is 4.43. The average Bonchev–Trinajstić information content (AvgIpc) is 3.41. The molecule has 5 rings (SSSR count). The van der Waals surface area contributed by atoms with Gasteiger partial charge in [0.2, 0.25) is 12.7 Å². The van der Waals surface area contributed by atoms with Gasteiger partial charge in [0, 0.05) is 23.9 Å². The fourth-order valence-electron chi connectivity index (χ4n) is 3.52. The molecule has 30 heavy (non-hydrogen) atoms. The molecular weight excluding hydrogens is 402 g/mol. The van der Waals surface area contributed by atoms with Crippen LogP contribution in [0.5, 0.6) is 11.5 Å². The van der Waals surface area contributed by atoms with Crippen molar-refractivity contribution in [2.75, 3.05) is 13.3 Å². The number of hydrogen-bond donors (Lipinski definition) is 1. The Balaban J connectivity index is 1.47. The molecular formula is C21H23N5O3S. The van der Waals surface area contributed by atoms with Crippen molar-refractivity contribution in [2.24, 2.45) is 5.92 Å². The predicted molar refractivity (Wildman–Crippen MR) is 112 cm³/mol. The van der Waals surface area contributed by atoms with Gasteiger partial charge >= 0.3 is 0 Å². The molecule has 1 N–H and O–H groups in total. The van der Waals surface area contributed by atoms with Crippen LogP contribution in [0, 0.1) is 12.8 Å². The summed E-state index contributed by atoms with van der Waals surface area (Å²) >= 11 is 1.58. The first kappa shape index (κ1) is 19.2. The molecule has 0 radical (unpaired) electrons. The lowest BCUT2D eigenvalue weighted by Gasteiger charge is -2.12. The molecule has 9 heteroatoms. The number of ether oxygens (including phenoxy) is 2. The van der Waals surface area contributed by atoms with Crippen molar-refractivity contribution in [3.05, 3.63) is 29.7 Å². The molecule has 0 unspecified atom stereocenters. The van der Waals surface area contributed by atoms with Crippen LogP contribution in [0.3, 0.4) is 0 Å². The molecule has 0 spiro atoms. The van der Waals surface area contributed by atoms with Crippen LogP contribution in [-0.4, -0.2) is 38.8 Å². The van der Waals surface area contributed by atoms with Crippen LogP contribution in [0.15, 0.2) is 28.5 Å². The number of carbonyl (C=O) groups excluding carboxylic acids is 1. The maximum Gasteiger partial charge on any atom is 0.231 e. The van der Waals surface area contributed by atoms with Crippen LogP contribution in [-0.2, 0) is 17.8 Å². The third-order valence-electron chi connectivity index (χ3n) is 5.40. The summed E-state index contributed by atoms with van der Waals surface area (Å²) in [6.45, 7) is 5.44. The summed E-state index contributed by atoms with van der Waals surface area (Å²) in [5.74, 6) is 1.88. The van der Waals surface area contributed by atoms with Gasteiger partial charge in [0.1, 0.15) is 11.8 Å². The van der Waals surface area contributed by atoms with Gasteiger partial charge in [-0.3, -0.25) is 4.79 Å². The predicted octanol–water partition coefficient (Wildman–Crippen LogP) is 3.10. The molecule has 0 atom stereocenters. The number of imidazole rings is 1. The lowest BCUT2D eigenvalue weighted by Crippen LogP contribution is -2.28. The summed E-state index contributed by atoms with van der Waals surface area (Å²) in [6, 6.07) is 4.06. The number of nitrogens with zero attached hydrogens (tertiary/aromatic N) is 4. The van der Waals surface area contributed by atoms with E-state index >= 15 is 0 Å². The van der Waals surface area contributed by atoms with Gasteiger partial charge in [0.25, 0.3) is 0 Å². The van der Waals surface area contributed by atoms with E-state index in [-0.39, 0.29) is 18.6 Å². The Morgan fingerprint density at radius 3 is 2.83 bits per heavy atom. The van der Waals surface area contributed by atoms with Gasteiger partial charge in [-0.2, -0.15) is 0 Å². The van der Waals surface area contributed by atoms with Crippen molar-refractivity contribution in [2.45, 2.75) is 49.7 Å². The van der Waals surface area contributed by atoms with Crippen molar-refractivity contribution in [1.82, 2.24) is 24.8 Å². The number of nitrogens with one attached hydrogen (secondary N) is 1. The van der Waals surface area contributed by atoms with Crippen molar-refractivity contribution in [3.8, 4) is 11.5 Å². The van der Waals surface area contributed by atoms with Crippen LogP contribution in [0.2, 0.25) is 0 Å².